The van der Waals surface area contributed by atoms with Crippen molar-refractivity contribution >= 4 is 5.91 Å². The molecule has 0 saturated heterocycles. The molecule has 0 spiro atoms. The van der Waals surface area contributed by atoms with Gasteiger partial charge in [0.25, 0.3) is 5.91 Å². The molecule has 1 aromatic heterocycles. The molecule has 0 aliphatic heterocycles. The molecule has 4 nitrogen and oxygen atoms in total. The Hall–Kier alpha value is -2.58. The van der Waals surface area contributed by atoms with E-state index in [4.69, 9.17) is 10.2 Å². The van der Waals surface area contributed by atoms with Gasteiger partial charge in [-0.15, -0.1) is 0 Å². The first kappa shape index (κ1) is 14.8. The second-order valence-corrected chi connectivity index (χ2v) is 4.44. The maximum absolute atomic E-state index is 13.4. The lowest BCUT2D eigenvalue weighted by atomic mass is 10.1. The molecule has 0 bridgehead atoms. The predicted octanol–water partition coefficient (Wildman–Crippen LogP) is 2.00. The zero-order valence-electron chi connectivity index (χ0n) is 11.6. The van der Waals surface area contributed by atoms with Crippen molar-refractivity contribution in [1.29, 1.82) is 0 Å². The third-order valence-electron chi connectivity index (χ3n) is 2.86. The fraction of sp³-hybridized carbons (Fsp3) is 0.188. The van der Waals surface area contributed by atoms with E-state index >= 15 is 0 Å². The van der Waals surface area contributed by atoms with E-state index in [-0.39, 0.29) is 18.0 Å². The van der Waals surface area contributed by atoms with E-state index in [0.717, 1.165) is 0 Å². The van der Waals surface area contributed by atoms with E-state index < -0.39 is 5.82 Å². The van der Waals surface area contributed by atoms with Crippen molar-refractivity contribution < 1.29 is 13.6 Å². The summed E-state index contributed by atoms with van der Waals surface area (Å²) in [4.78, 5) is 13.9. The average molecular weight is 286 g/mol. The molecular formula is C16H15FN2O2. The summed E-state index contributed by atoms with van der Waals surface area (Å²) in [6, 6.07) is 7.44. The first-order valence-electron chi connectivity index (χ1n) is 6.38. The van der Waals surface area contributed by atoms with E-state index in [1.54, 1.807) is 19.2 Å². The van der Waals surface area contributed by atoms with Gasteiger partial charge in [0, 0.05) is 12.6 Å². The minimum atomic E-state index is -0.483. The first-order valence-corrected chi connectivity index (χ1v) is 6.38. The predicted molar refractivity (Wildman–Crippen MR) is 76.8 cm³/mol. The quantitative estimate of drug-likeness (QED) is 0.878. The fourth-order valence-electron chi connectivity index (χ4n) is 1.86. The molecule has 5 heteroatoms. The highest BCUT2D eigenvalue weighted by Crippen LogP contribution is 2.14. The summed E-state index contributed by atoms with van der Waals surface area (Å²) in [6.45, 7) is 0.472. The third-order valence-corrected chi connectivity index (χ3v) is 2.86. The van der Waals surface area contributed by atoms with Crippen molar-refractivity contribution in [3.63, 3.8) is 0 Å². The Morgan fingerprint density at radius 3 is 2.90 bits per heavy atom. The summed E-state index contributed by atoms with van der Waals surface area (Å²) in [5.74, 6) is 5.29. The van der Waals surface area contributed by atoms with Crippen molar-refractivity contribution in [3.05, 3.63) is 59.3 Å². The minimum Gasteiger partial charge on any atom is -0.467 e. The normalized spacial score (nSPS) is 9.86. The molecule has 0 saturated carbocycles. The molecule has 0 unspecified atom stereocenters. The van der Waals surface area contributed by atoms with Crippen LogP contribution in [-0.4, -0.2) is 24.4 Å². The Bertz CT molecular complexity index is 684. The number of hydrogen-bond donors (Lipinski definition) is 1. The topological polar surface area (TPSA) is 59.5 Å². The highest BCUT2D eigenvalue weighted by atomic mass is 19.1. The van der Waals surface area contributed by atoms with Crippen LogP contribution in [0.25, 0.3) is 0 Å². The van der Waals surface area contributed by atoms with E-state index in [9.17, 15) is 9.18 Å². The molecule has 2 rings (SSSR count). The van der Waals surface area contributed by atoms with Gasteiger partial charge in [-0.05, 0) is 30.3 Å². The summed E-state index contributed by atoms with van der Waals surface area (Å²) in [5.41, 5.74) is 6.00. The van der Waals surface area contributed by atoms with E-state index in [1.807, 2.05) is 0 Å². The minimum absolute atomic E-state index is 0.174. The van der Waals surface area contributed by atoms with Crippen LogP contribution in [0, 0.1) is 17.7 Å². The molecule has 108 valence electrons. The van der Waals surface area contributed by atoms with Crippen molar-refractivity contribution in [2.45, 2.75) is 6.54 Å². The van der Waals surface area contributed by atoms with Crippen molar-refractivity contribution in [3.8, 4) is 11.8 Å². The highest BCUT2D eigenvalue weighted by Gasteiger charge is 2.17. The van der Waals surface area contributed by atoms with Crippen LogP contribution < -0.4 is 5.73 Å². The number of nitrogens with zero attached hydrogens (tertiary/aromatic N) is 1. The van der Waals surface area contributed by atoms with Gasteiger partial charge in [0.1, 0.15) is 11.6 Å². The number of amides is 1. The number of halogens is 1. The van der Waals surface area contributed by atoms with Gasteiger partial charge in [0.2, 0.25) is 0 Å². The second kappa shape index (κ2) is 6.73. The smallest absolute Gasteiger partial charge is 0.255 e. The summed E-state index contributed by atoms with van der Waals surface area (Å²) in [6.07, 6.45) is 1.54. The van der Waals surface area contributed by atoms with Crippen molar-refractivity contribution in [2.24, 2.45) is 5.73 Å². The van der Waals surface area contributed by atoms with Crippen LogP contribution in [0.2, 0.25) is 0 Å². The van der Waals surface area contributed by atoms with Gasteiger partial charge in [0.15, 0.2) is 0 Å². The van der Waals surface area contributed by atoms with Crippen LogP contribution >= 0.6 is 0 Å². The van der Waals surface area contributed by atoms with E-state index in [0.29, 0.717) is 17.9 Å². The number of furan rings is 1. The lowest BCUT2D eigenvalue weighted by Gasteiger charge is -2.16. The number of rotatable bonds is 3. The molecule has 2 N–H and O–H groups in total. The Morgan fingerprint density at radius 1 is 1.43 bits per heavy atom. The SMILES string of the molecule is CN(Cc1ccco1)C(=O)c1cc(F)ccc1C#CCN. The molecule has 1 heterocycles. The number of hydrogen-bond acceptors (Lipinski definition) is 3. The molecule has 1 aromatic carbocycles. The standard InChI is InChI=1S/C16H15FN2O2/c1-19(11-14-5-3-9-21-14)16(20)15-10-13(17)7-6-12(15)4-2-8-18/h3,5-7,9-10H,8,11,18H2,1H3. The van der Waals surface area contributed by atoms with Crippen LogP contribution in [0.15, 0.2) is 41.0 Å². The Balaban J connectivity index is 2.26. The molecule has 21 heavy (non-hydrogen) atoms. The summed E-state index contributed by atoms with van der Waals surface area (Å²) >= 11 is 0. The van der Waals surface area contributed by atoms with Gasteiger partial charge < -0.3 is 15.1 Å². The summed E-state index contributed by atoms with van der Waals surface area (Å²) in [5, 5.41) is 0. The summed E-state index contributed by atoms with van der Waals surface area (Å²) < 4.78 is 18.6. The second-order valence-electron chi connectivity index (χ2n) is 4.44. The first-order chi connectivity index (χ1) is 10.1. The summed E-state index contributed by atoms with van der Waals surface area (Å²) in [7, 11) is 1.62. The van der Waals surface area contributed by atoms with Gasteiger partial charge in [-0.1, -0.05) is 11.8 Å². The molecule has 0 aliphatic rings. The number of carbonyl (C=O) groups excluding carboxylic acids is 1. The van der Waals surface area contributed by atoms with Crippen LogP contribution in [0.3, 0.4) is 0 Å². The maximum atomic E-state index is 13.4. The van der Waals surface area contributed by atoms with Gasteiger partial charge in [-0.25, -0.2) is 4.39 Å². The molecule has 0 radical (unpaired) electrons. The largest absolute Gasteiger partial charge is 0.467 e. The number of benzene rings is 1. The monoisotopic (exact) mass is 286 g/mol. The van der Waals surface area contributed by atoms with E-state index in [2.05, 4.69) is 11.8 Å². The van der Waals surface area contributed by atoms with Crippen molar-refractivity contribution in [2.75, 3.05) is 13.6 Å². The van der Waals surface area contributed by atoms with Crippen LogP contribution in [0.4, 0.5) is 4.39 Å². The Morgan fingerprint density at radius 2 is 2.24 bits per heavy atom. The molecule has 0 aliphatic carbocycles. The molecule has 1 amide bonds. The Labute approximate surface area is 122 Å². The Kier molecular flexibility index (Phi) is 4.75. The molecule has 2 aromatic rings. The average Bonchev–Trinajstić information content (AvgIpc) is 2.98. The van der Waals surface area contributed by atoms with Gasteiger partial charge >= 0.3 is 0 Å². The zero-order chi connectivity index (χ0) is 15.2. The number of nitrogens with two attached hydrogens (primary N) is 1. The third kappa shape index (κ3) is 3.71. The van der Waals surface area contributed by atoms with Gasteiger partial charge in [0.05, 0.1) is 24.9 Å². The highest BCUT2D eigenvalue weighted by molar-refractivity contribution is 5.96. The molecule has 0 fully saturated rings. The van der Waals surface area contributed by atoms with Crippen LogP contribution in [-0.2, 0) is 6.54 Å². The maximum Gasteiger partial charge on any atom is 0.255 e. The zero-order valence-corrected chi connectivity index (χ0v) is 11.6. The van der Waals surface area contributed by atoms with Crippen molar-refractivity contribution in [1.82, 2.24) is 4.90 Å². The fourth-order valence-corrected chi connectivity index (χ4v) is 1.86. The van der Waals surface area contributed by atoms with Gasteiger partial charge in [-0.2, -0.15) is 0 Å². The van der Waals surface area contributed by atoms with Crippen LogP contribution in [0.1, 0.15) is 21.7 Å². The van der Waals surface area contributed by atoms with E-state index in [1.165, 1.54) is 29.4 Å². The lowest BCUT2D eigenvalue weighted by molar-refractivity contribution is 0.0774. The van der Waals surface area contributed by atoms with Crippen LogP contribution in [0.5, 0.6) is 0 Å². The lowest BCUT2D eigenvalue weighted by Crippen LogP contribution is -2.26. The van der Waals surface area contributed by atoms with Gasteiger partial charge in [-0.3, -0.25) is 4.79 Å². The molecule has 0 atom stereocenters. The number of carbonyl (C=O) groups is 1. The molecular weight excluding hydrogens is 271 g/mol.